The van der Waals surface area contributed by atoms with E-state index < -0.39 is 0 Å². The lowest BCUT2D eigenvalue weighted by atomic mass is 10.2. The Labute approximate surface area is 145 Å². The number of hydrogen-bond donors (Lipinski definition) is 4. The van der Waals surface area contributed by atoms with Crippen molar-refractivity contribution >= 4 is 17.5 Å². The molecule has 0 radical (unpaired) electrons. The molecule has 7 heteroatoms. The van der Waals surface area contributed by atoms with E-state index >= 15 is 0 Å². The molecule has 0 saturated carbocycles. The largest absolute Gasteiger partial charge is 0.508 e. The van der Waals surface area contributed by atoms with Crippen LogP contribution >= 0.6 is 0 Å². The van der Waals surface area contributed by atoms with Gasteiger partial charge in [0.05, 0.1) is 5.69 Å². The summed E-state index contributed by atoms with van der Waals surface area (Å²) in [6.07, 6.45) is 4.02. The minimum absolute atomic E-state index is 0.103. The number of aromatic hydroxyl groups is 1. The molecule has 0 aliphatic carbocycles. The van der Waals surface area contributed by atoms with Crippen molar-refractivity contribution < 1.29 is 10.2 Å². The first-order valence-corrected chi connectivity index (χ1v) is 7.95. The number of benzene rings is 1. The Hall–Kier alpha value is -3.19. The number of nitrogens with one attached hydrogen (secondary N) is 2. The Bertz CT molecular complexity index is 827. The molecule has 3 rings (SSSR count). The number of rotatable bonds is 7. The van der Waals surface area contributed by atoms with Crippen LogP contribution in [0.15, 0.2) is 54.9 Å². The Kier molecular flexibility index (Phi) is 5.38. The summed E-state index contributed by atoms with van der Waals surface area (Å²) < 4.78 is 0. The number of aliphatic hydroxyl groups is 1. The third kappa shape index (κ3) is 4.65. The molecule has 0 unspecified atom stereocenters. The van der Waals surface area contributed by atoms with Gasteiger partial charge in [-0.3, -0.25) is 4.98 Å². The van der Waals surface area contributed by atoms with Crippen LogP contribution in [-0.4, -0.2) is 38.3 Å². The average Bonchev–Trinajstić information content (AvgIpc) is 2.63. The van der Waals surface area contributed by atoms with Crippen LogP contribution in [0.3, 0.4) is 0 Å². The number of hydrogen-bond acceptors (Lipinski definition) is 7. The molecule has 0 saturated heterocycles. The van der Waals surface area contributed by atoms with Crippen LogP contribution in [0.2, 0.25) is 0 Å². The summed E-state index contributed by atoms with van der Waals surface area (Å²) >= 11 is 0. The van der Waals surface area contributed by atoms with Gasteiger partial charge < -0.3 is 20.8 Å². The topological polar surface area (TPSA) is 103 Å². The molecule has 0 aliphatic rings. The van der Waals surface area contributed by atoms with Crippen molar-refractivity contribution in [3.8, 4) is 17.0 Å². The first-order chi connectivity index (χ1) is 12.2. The fraction of sp³-hybridized carbons (Fsp3) is 0.167. The monoisotopic (exact) mass is 337 g/mol. The summed E-state index contributed by atoms with van der Waals surface area (Å²) in [6.45, 7) is 0.674. The van der Waals surface area contributed by atoms with Crippen LogP contribution in [0.1, 0.15) is 6.42 Å². The van der Waals surface area contributed by atoms with Crippen LogP contribution in [0.5, 0.6) is 5.75 Å². The van der Waals surface area contributed by atoms with Crippen LogP contribution < -0.4 is 10.6 Å². The molecule has 0 bridgehead atoms. The molecule has 0 aliphatic heterocycles. The number of nitrogens with zero attached hydrogens (tertiary/aromatic N) is 3. The fourth-order valence-electron chi connectivity index (χ4n) is 2.27. The first kappa shape index (κ1) is 16.7. The maximum atomic E-state index is 9.61. The predicted octanol–water partition coefficient (Wildman–Crippen LogP) is 2.78. The van der Waals surface area contributed by atoms with Crippen molar-refractivity contribution in [3.05, 3.63) is 54.9 Å². The maximum absolute atomic E-state index is 9.61. The quantitative estimate of drug-likeness (QED) is 0.492. The molecule has 0 fully saturated rings. The average molecular weight is 337 g/mol. The normalized spacial score (nSPS) is 10.4. The number of phenols is 1. The van der Waals surface area contributed by atoms with Gasteiger partial charge in [-0.2, -0.15) is 4.98 Å². The van der Waals surface area contributed by atoms with Crippen LogP contribution in [0.25, 0.3) is 11.3 Å². The number of pyridine rings is 1. The maximum Gasteiger partial charge on any atom is 0.225 e. The zero-order chi connectivity index (χ0) is 17.5. The van der Waals surface area contributed by atoms with E-state index in [2.05, 4.69) is 25.6 Å². The Balaban J connectivity index is 1.91. The number of aliphatic hydroxyl groups excluding tert-OH is 1. The van der Waals surface area contributed by atoms with Crippen molar-refractivity contribution in [2.75, 3.05) is 23.8 Å². The van der Waals surface area contributed by atoms with Gasteiger partial charge in [0, 0.05) is 48.9 Å². The molecule has 128 valence electrons. The summed E-state index contributed by atoms with van der Waals surface area (Å²) in [7, 11) is 0. The Morgan fingerprint density at radius 3 is 2.60 bits per heavy atom. The van der Waals surface area contributed by atoms with E-state index in [0.29, 0.717) is 24.7 Å². The van der Waals surface area contributed by atoms with E-state index in [0.717, 1.165) is 16.9 Å². The lowest BCUT2D eigenvalue weighted by Gasteiger charge is -2.11. The van der Waals surface area contributed by atoms with Crippen LogP contribution in [-0.2, 0) is 0 Å². The lowest BCUT2D eigenvalue weighted by molar-refractivity contribution is 0.292. The highest BCUT2D eigenvalue weighted by molar-refractivity contribution is 5.67. The standard InChI is InChI=1S/C18H19N5O2/c24-10-2-7-20-18-22-16(13-5-8-19-9-6-13)12-17(23-18)21-14-3-1-4-15(25)11-14/h1,3-6,8-9,11-12,24-25H,2,7,10H2,(H2,20,21,22,23). The molecule has 0 atom stereocenters. The third-order valence-electron chi connectivity index (χ3n) is 3.44. The lowest BCUT2D eigenvalue weighted by Crippen LogP contribution is -2.08. The van der Waals surface area contributed by atoms with E-state index in [1.807, 2.05) is 24.3 Å². The molecule has 25 heavy (non-hydrogen) atoms. The van der Waals surface area contributed by atoms with E-state index in [1.54, 1.807) is 30.6 Å². The van der Waals surface area contributed by atoms with Crippen molar-refractivity contribution in [2.24, 2.45) is 0 Å². The van der Waals surface area contributed by atoms with Gasteiger partial charge in [-0.25, -0.2) is 4.98 Å². The van der Waals surface area contributed by atoms with Crippen molar-refractivity contribution in [2.45, 2.75) is 6.42 Å². The van der Waals surface area contributed by atoms with Crippen LogP contribution in [0.4, 0.5) is 17.5 Å². The van der Waals surface area contributed by atoms with Gasteiger partial charge >= 0.3 is 0 Å². The summed E-state index contributed by atoms with van der Waals surface area (Å²) in [5.41, 5.74) is 2.38. The second-order valence-corrected chi connectivity index (χ2v) is 5.38. The summed E-state index contributed by atoms with van der Waals surface area (Å²) in [5, 5.41) is 24.8. The smallest absolute Gasteiger partial charge is 0.225 e. The first-order valence-electron chi connectivity index (χ1n) is 7.95. The second-order valence-electron chi connectivity index (χ2n) is 5.38. The van der Waals surface area contributed by atoms with Gasteiger partial charge in [-0.05, 0) is 30.7 Å². The minimum atomic E-state index is 0.103. The molecule has 4 N–H and O–H groups in total. The van der Waals surface area contributed by atoms with Gasteiger partial charge in [0.25, 0.3) is 0 Å². The summed E-state index contributed by atoms with van der Waals surface area (Å²) in [5.74, 6) is 1.24. The predicted molar refractivity (Wildman–Crippen MR) is 96.8 cm³/mol. The van der Waals surface area contributed by atoms with Gasteiger partial charge in [-0.1, -0.05) is 6.07 Å². The zero-order valence-electron chi connectivity index (χ0n) is 13.6. The molecular weight excluding hydrogens is 318 g/mol. The fourth-order valence-corrected chi connectivity index (χ4v) is 2.27. The van der Waals surface area contributed by atoms with E-state index in [1.165, 1.54) is 0 Å². The SMILES string of the molecule is OCCCNc1nc(Nc2cccc(O)c2)cc(-c2ccncc2)n1. The van der Waals surface area contributed by atoms with Gasteiger partial charge in [0.15, 0.2) is 0 Å². The highest BCUT2D eigenvalue weighted by Crippen LogP contribution is 2.24. The van der Waals surface area contributed by atoms with Gasteiger partial charge in [-0.15, -0.1) is 0 Å². The number of anilines is 3. The Morgan fingerprint density at radius 1 is 1.00 bits per heavy atom. The molecule has 2 aromatic heterocycles. The second kappa shape index (κ2) is 8.07. The molecule has 0 spiro atoms. The van der Waals surface area contributed by atoms with Crippen LogP contribution in [0, 0.1) is 0 Å². The third-order valence-corrected chi connectivity index (χ3v) is 3.44. The number of phenolic OH excluding ortho intramolecular Hbond substituents is 1. The minimum Gasteiger partial charge on any atom is -0.508 e. The molecule has 3 aromatic rings. The highest BCUT2D eigenvalue weighted by atomic mass is 16.3. The van der Waals surface area contributed by atoms with E-state index in [4.69, 9.17) is 5.11 Å². The highest BCUT2D eigenvalue weighted by Gasteiger charge is 2.07. The Morgan fingerprint density at radius 2 is 1.84 bits per heavy atom. The van der Waals surface area contributed by atoms with Crippen molar-refractivity contribution in [1.82, 2.24) is 15.0 Å². The van der Waals surface area contributed by atoms with Crippen molar-refractivity contribution in [3.63, 3.8) is 0 Å². The molecular formula is C18H19N5O2. The van der Waals surface area contributed by atoms with Gasteiger partial charge in [0.1, 0.15) is 11.6 Å². The molecule has 1 aromatic carbocycles. The molecule has 2 heterocycles. The van der Waals surface area contributed by atoms with Gasteiger partial charge in [0.2, 0.25) is 5.95 Å². The summed E-state index contributed by atoms with van der Waals surface area (Å²) in [4.78, 5) is 13.0. The van der Waals surface area contributed by atoms with E-state index in [9.17, 15) is 5.11 Å². The number of aromatic nitrogens is 3. The molecule has 0 amide bonds. The van der Waals surface area contributed by atoms with Crippen molar-refractivity contribution in [1.29, 1.82) is 0 Å². The summed E-state index contributed by atoms with van der Waals surface area (Å²) in [6, 6.07) is 12.4. The zero-order valence-corrected chi connectivity index (χ0v) is 13.6. The molecule has 7 nitrogen and oxygen atoms in total. The van der Waals surface area contributed by atoms with E-state index in [-0.39, 0.29) is 12.4 Å².